The standard InChI is InChI=1S/C19H30O6/c1-8-18(6,11-19(7,9-2)25-15(20)12(3)4)17(22)24-14-13(5)10-23-16(14)21/h13-14H,3,8-11H2,1-2,4-7H3. The number of esters is 3. The summed E-state index contributed by atoms with van der Waals surface area (Å²) in [6.45, 7) is 14.6. The molecule has 1 aliphatic rings. The summed E-state index contributed by atoms with van der Waals surface area (Å²) >= 11 is 0. The van der Waals surface area contributed by atoms with Gasteiger partial charge in [0.1, 0.15) is 5.60 Å². The molecule has 1 heterocycles. The van der Waals surface area contributed by atoms with E-state index in [0.29, 0.717) is 24.8 Å². The molecule has 0 aromatic rings. The van der Waals surface area contributed by atoms with Gasteiger partial charge < -0.3 is 14.2 Å². The minimum atomic E-state index is -0.886. The fourth-order valence-corrected chi connectivity index (χ4v) is 2.75. The van der Waals surface area contributed by atoms with Crippen LogP contribution in [0.1, 0.15) is 60.8 Å². The molecule has 0 radical (unpaired) electrons. The molecule has 0 aromatic heterocycles. The first-order chi connectivity index (χ1) is 11.5. The van der Waals surface area contributed by atoms with E-state index < -0.39 is 35.0 Å². The van der Waals surface area contributed by atoms with E-state index in [2.05, 4.69) is 6.58 Å². The van der Waals surface area contributed by atoms with E-state index >= 15 is 0 Å². The van der Waals surface area contributed by atoms with Crippen molar-refractivity contribution in [2.75, 3.05) is 6.61 Å². The highest BCUT2D eigenvalue weighted by molar-refractivity contribution is 5.87. The largest absolute Gasteiger partial charge is 0.462 e. The van der Waals surface area contributed by atoms with Crippen molar-refractivity contribution >= 4 is 17.9 Å². The summed E-state index contributed by atoms with van der Waals surface area (Å²) in [4.78, 5) is 36.4. The molecule has 4 atom stereocenters. The number of carbonyl (C=O) groups is 3. The lowest BCUT2D eigenvalue weighted by Gasteiger charge is -2.37. The Morgan fingerprint density at radius 3 is 2.28 bits per heavy atom. The SMILES string of the molecule is C=C(C)C(=O)OC(C)(CC)CC(C)(CC)C(=O)OC1C(=O)OCC1C. The zero-order valence-electron chi connectivity index (χ0n) is 16.1. The van der Waals surface area contributed by atoms with Crippen LogP contribution in [-0.2, 0) is 28.6 Å². The van der Waals surface area contributed by atoms with Crippen LogP contribution >= 0.6 is 0 Å². The van der Waals surface area contributed by atoms with Gasteiger partial charge in [0.05, 0.1) is 12.0 Å². The van der Waals surface area contributed by atoms with E-state index in [9.17, 15) is 14.4 Å². The quantitative estimate of drug-likeness (QED) is 0.378. The molecule has 6 heteroatoms. The number of hydrogen-bond acceptors (Lipinski definition) is 6. The maximum Gasteiger partial charge on any atom is 0.347 e. The molecule has 0 amide bonds. The Balaban J connectivity index is 2.91. The molecule has 4 unspecified atom stereocenters. The predicted molar refractivity (Wildman–Crippen MR) is 92.6 cm³/mol. The van der Waals surface area contributed by atoms with Crippen LogP contribution in [0.3, 0.4) is 0 Å². The number of rotatable bonds is 8. The summed E-state index contributed by atoms with van der Waals surface area (Å²) in [5.74, 6) is -1.64. The van der Waals surface area contributed by atoms with Gasteiger partial charge in [-0.1, -0.05) is 27.4 Å². The third kappa shape index (κ3) is 5.06. The topological polar surface area (TPSA) is 78.9 Å². The highest BCUT2D eigenvalue weighted by atomic mass is 16.6. The van der Waals surface area contributed by atoms with Crippen molar-refractivity contribution in [1.82, 2.24) is 0 Å². The molecule has 142 valence electrons. The van der Waals surface area contributed by atoms with Gasteiger partial charge in [0.15, 0.2) is 0 Å². The van der Waals surface area contributed by atoms with Crippen LogP contribution in [-0.4, -0.2) is 36.2 Å². The molecule has 25 heavy (non-hydrogen) atoms. The zero-order valence-corrected chi connectivity index (χ0v) is 16.1. The van der Waals surface area contributed by atoms with Crippen LogP contribution in [0, 0.1) is 11.3 Å². The van der Waals surface area contributed by atoms with Crippen molar-refractivity contribution in [2.45, 2.75) is 72.5 Å². The minimum Gasteiger partial charge on any atom is -0.462 e. The normalized spacial score (nSPS) is 24.6. The average Bonchev–Trinajstić information content (AvgIpc) is 2.86. The van der Waals surface area contributed by atoms with Crippen LogP contribution in [0.25, 0.3) is 0 Å². The van der Waals surface area contributed by atoms with Gasteiger partial charge in [0.25, 0.3) is 0 Å². The zero-order chi connectivity index (χ0) is 19.4. The van der Waals surface area contributed by atoms with E-state index in [4.69, 9.17) is 14.2 Å². The van der Waals surface area contributed by atoms with E-state index in [-0.39, 0.29) is 12.5 Å². The van der Waals surface area contributed by atoms with Gasteiger partial charge in [-0.25, -0.2) is 9.59 Å². The average molecular weight is 354 g/mol. The Labute approximate surface area is 149 Å². The molecule has 0 aromatic carbocycles. The molecule has 1 fully saturated rings. The van der Waals surface area contributed by atoms with Crippen molar-refractivity contribution in [3.63, 3.8) is 0 Å². The first-order valence-corrected chi connectivity index (χ1v) is 8.74. The summed E-state index contributed by atoms with van der Waals surface area (Å²) in [6, 6.07) is 0. The Kier molecular flexibility index (Phi) is 6.80. The molecule has 0 bridgehead atoms. The smallest absolute Gasteiger partial charge is 0.347 e. The second kappa shape index (κ2) is 8.02. The fourth-order valence-electron chi connectivity index (χ4n) is 2.75. The van der Waals surface area contributed by atoms with Crippen molar-refractivity contribution in [2.24, 2.45) is 11.3 Å². The number of ether oxygens (including phenoxy) is 3. The van der Waals surface area contributed by atoms with Gasteiger partial charge in [-0.15, -0.1) is 0 Å². The van der Waals surface area contributed by atoms with Gasteiger partial charge >= 0.3 is 17.9 Å². The van der Waals surface area contributed by atoms with Crippen LogP contribution in [0.5, 0.6) is 0 Å². The molecule has 1 rings (SSSR count). The molecule has 0 spiro atoms. The predicted octanol–water partition coefficient (Wildman–Crippen LogP) is 3.19. The minimum absolute atomic E-state index is 0.170. The van der Waals surface area contributed by atoms with Gasteiger partial charge in [0.2, 0.25) is 6.10 Å². The molecular weight excluding hydrogens is 324 g/mol. The van der Waals surface area contributed by atoms with E-state index in [1.165, 1.54) is 0 Å². The Morgan fingerprint density at radius 1 is 1.28 bits per heavy atom. The van der Waals surface area contributed by atoms with Gasteiger partial charge in [-0.3, -0.25) is 4.79 Å². The summed E-state index contributed by atoms with van der Waals surface area (Å²) in [7, 11) is 0. The number of carbonyl (C=O) groups excluding carboxylic acids is 3. The van der Waals surface area contributed by atoms with Crippen LogP contribution in [0.15, 0.2) is 12.2 Å². The summed E-state index contributed by atoms with van der Waals surface area (Å²) in [5.41, 5.74) is -1.41. The van der Waals surface area contributed by atoms with Crippen LogP contribution in [0.2, 0.25) is 0 Å². The lowest BCUT2D eigenvalue weighted by atomic mass is 9.76. The first kappa shape index (κ1) is 21.2. The lowest BCUT2D eigenvalue weighted by Crippen LogP contribution is -2.43. The highest BCUT2D eigenvalue weighted by Gasteiger charge is 2.45. The second-order valence-electron chi connectivity index (χ2n) is 7.50. The van der Waals surface area contributed by atoms with Crippen molar-refractivity contribution in [3.05, 3.63) is 12.2 Å². The van der Waals surface area contributed by atoms with Gasteiger partial charge in [-0.05, 0) is 33.6 Å². The Bertz CT molecular complexity index is 554. The molecule has 0 aliphatic carbocycles. The lowest BCUT2D eigenvalue weighted by molar-refractivity contribution is -0.175. The maximum absolute atomic E-state index is 12.8. The first-order valence-electron chi connectivity index (χ1n) is 8.74. The van der Waals surface area contributed by atoms with Gasteiger partial charge in [-0.2, -0.15) is 0 Å². The fraction of sp³-hybridized carbons (Fsp3) is 0.737. The molecule has 6 nitrogen and oxygen atoms in total. The van der Waals surface area contributed by atoms with E-state index in [1.54, 1.807) is 27.7 Å². The number of hydrogen-bond donors (Lipinski definition) is 0. The molecule has 1 aliphatic heterocycles. The summed E-state index contributed by atoms with van der Waals surface area (Å²) in [5, 5.41) is 0. The third-order valence-electron chi connectivity index (χ3n) is 4.94. The number of cyclic esters (lactones) is 1. The monoisotopic (exact) mass is 354 g/mol. The summed E-state index contributed by atoms with van der Waals surface area (Å²) in [6.07, 6.45) is 0.448. The van der Waals surface area contributed by atoms with Crippen molar-refractivity contribution < 1.29 is 28.6 Å². The molecular formula is C19H30O6. The maximum atomic E-state index is 12.8. The third-order valence-corrected chi connectivity index (χ3v) is 4.94. The second-order valence-corrected chi connectivity index (χ2v) is 7.50. The molecule has 0 saturated carbocycles. The Hall–Kier alpha value is -1.85. The van der Waals surface area contributed by atoms with Crippen molar-refractivity contribution in [1.29, 1.82) is 0 Å². The van der Waals surface area contributed by atoms with Crippen LogP contribution < -0.4 is 0 Å². The molecule has 1 saturated heterocycles. The van der Waals surface area contributed by atoms with E-state index in [0.717, 1.165) is 0 Å². The summed E-state index contributed by atoms with van der Waals surface area (Å²) < 4.78 is 16.0. The van der Waals surface area contributed by atoms with Crippen LogP contribution in [0.4, 0.5) is 0 Å². The van der Waals surface area contributed by atoms with E-state index in [1.807, 2.05) is 13.8 Å². The highest BCUT2D eigenvalue weighted by Crippen LogP contribution is 2.38. The van der Waals surface area contributed by atoms with Gasteiger partial charge in [0, 0.05) is 17.9 Å². The Morgan fingerprint density at radius 2 is 1.88 bits per heavy atom. The molecule has 0 N–H and O–H groups in total. The van der Waals surface area contributed by atoms with Crippen molar-refractivity contribution in [3.8, 4) is 0 Å².